The molecule has 35 heavy (non-hydrogen) atoms. The predicted molar refractivity (Wildman–Crippen MR) is 137 cm³/mol. The van der Waals surface area contributed by atoms with E-state index in [9.17, 15) is 9.59 Å². The number of amides is 2. The summed E-state index contributed by atoms with van der Waals surface area (Å²) in [5.41, 5.74) is 8.63. The summed E-state index contributed by atoms with van der Waals surface area (Å²) >= 11 is 0. The number of nitrogens with two attached hydrogens (primary N) is 1. The van der Waals surface area contributed by atoms with E-state index in [1.54, 1.807) is 42.5 Å². The molecular formula is C26H30N4O5. The molecular weight excluding hydrogens is 448 g/mol. The van der Waals surface area contributed by atoms with Crippen molar-refractivity contribution in [2.24, 2.45) is 10.7 Å². The topological polar surface area (TPSA) is 124 Å². The summed E-state index contributed by atoms with van der Waals surface area (Å²) in [6.45, 7) is 1.86. The maximum atomic E-state index is 12.7. The number of rotatable bonds is 7. The van der Waals surface area contributed by atoms with Crippen molar-refractivity contribution >= 4 is 29.1 Å². The van der Waals surface area contributed by atoms with Gasteiger partial charge in [0.25, 0.3) is 11.8 Å². The molecule has 0 aliphatic rings. The number of benzene rings is 3. The molecule has 0 radical (unpaired) electrons. The molecule has 0 aliphatic heterocycles. The van der Waals surface area contributed by atoms with Gasteiger partial charge in [0.15, 0.2) is 11.5 Å². The molecule has 0 unspecified atom stereocenters. The number of aliphatic imine (C=N–C) groups is 1. The van der Waals surface area contributed by atoms with Gasteiger partial charge in [-0.25, -0.2) is 4.99 Å². The van der Waals surface area contributed by atoms with Gasteiger partial charge < -0.3 is 25.3 Å². The Hall–Kier alpha value is -4.53. The number of carbonyl (C=O) groups excluding carboxylic acids is 2. The van der Waals surface area contributed by atoms with Crippen LogP contribution in [0, 0.1) is 6.92 Å². The summed E-state index contributed by atoms with van der Waals surface area (Å²) in [7, 11) is 4.39. The summed E-state index contributed by atoms with van der Waals surface area (Å²) < 4.78 is 15.8. The van der Waals surface area contributed by atoms with Crippen molar-refractivity contribution in [2.75, 3.05) is 26.6 Å². The van der Waals surface area contributed by atoms with Crippen molar-refractivity contribution in [3.8, 4) is 17.2 Å². The molecule has 0 fully saturated rings. The van der Waals surface area contributed by atoms with Gasteiger partial charge in [-0.2, -0.15) is 0 Å². The number of ether oxygens (including phenoxy) is 3. The maximum Gasteiger partial charge on any atom is 0.258 e. The zero-order valence-electron chi connectivity index (χ0n) is 19.3. The van der Waals surface area contributed by atoms with Gasteiger partial charge in [0, 0.05) is 16.8 Å². The van der Waals surface area contributed by atoms with Crippen molar-refractivity contribution in [3.05, 3.63) is 77.4 Å². The fourth-order valence-corrected chi connectivity index (χ4v) is 3.17. The van der Waals surface area contributed by atoms with Gasteiger partial charge in [-0.3, -0.25) is 14.9 Å². The molecule has 2 amide bonds. The Morgan fingerprint density at radius 1 is 0.829 bits per heavy atom. The van der Waals surface area contributed by atoms with Crippen LogP contribution in [0.1, 0.15) is 33.7 Å². The van der Waals surface area contributed by atoms with E-state index in [4.69, 9.17) is 19.9 Å². The van der Waals surface area contributed by atoms with Gasteiger partial charge in [0.2, 0.25) is 11.7 Å². The summed E-state index contributed by atoms with van der Waals surface area (Å²) in [6, 6.07) is 17.1. The van der Waals surface area contributed by atoms with E-state index in [1.165, 1.54) is 33.5 Å². The molecule has 184 valence electrons. The lowest BCUT2D eigenvalue weighted by Crippen LogP contribution is -2.36. The molecule has 9 nitrogen and oxygen atoms in total. The second-order valence-electron chi connectivity index (χ2n) is 7.18. The molecule has 9 heteroatoms. The number of hydrogen-bond acceptors (Lipinski definition) is 6. The van der Waals surface area contributed by atoms with Crippen LogP contribution in [0.5, 0.6) is 17.2 Å². The van der Waals surface area contributed by atoms with Crippen molar-refractivity contribution in [1.29, 1.82) is 0 Å². The number of methoxy groups -OCH3 is 3. The lowest BCUT2D eigenvalue weighted by atomic mass is 10.1. The first-order chi connectivity index (χ1) is 16.4. The van der Waals surface area contributed by atoms with Crippen LogP contribution in [-0.4, -0.2) is 39.1 Å². The fraction of sp³-hybridized carbons (Fsp3) is 0.192. The standard InChI is InChI=1S/C25H26N4O5.CH4/c1-15-10-11-18(14-19(15)28-23(30)16-8-6-5-7-9-16)27-25(26)29-24(31)17-12-20(32-2)22(34-4)21(13-17)33-3;/h5-14H,1-4H3,(H,28,30)(H3,26,27,29,31);1H4. The van der Waals surface area contributed by atoms with Crippen LogP contribution >= 0.6 is 0 Å². The first-order valence-corrected chi connectivity index (χ1v) is 10.3. The average molecular weight is 479 g/mol. The molecule has 4 N–H and O–H groups in total. The van der Waals surface area contributed by atoms with Gasteiger partial charge in [-0.05, 0) is 48.9 Å². The van der Waals surface area contributed by atoms with Crippen LogP contribution in [0.15, 0.2) is 65.7 Å². The highest BCUT2D eigenvalue weighted by Crippen LogP contribution is 2.38. The molecule has 0 heterocycles. The fourth-order valence-electron chi connectivity index (χ4n) is 3.17. The molecule has 0 bridgehead atoms. The Balaban J connectivity index is 0.00000432. The minimum atomic E-state index is -0.509. The quantitative estimate of drug-likeness (QED) is 0.344. The van der Waals surface area contributed by atoms with Crippen LogP contribution in [0.3, 0.4) is 0 Å². The first kappa shape index (κ1) is 26.7. The predicted octanol–water partition coefficient (Wildman–Crippen LogP) is 4.29. The summed E-state index contributed by atoms with van der Waals surface area (Å²) in [4.78, 5) is 29.5. The Labute approximate surface area is 204 Å². The lowest BCUT2D eigenvalue weighted by molar-refractivity contribution is 0.0974. The highest BCUT2D eigenvalue weighted by molar-refractivity contribution is 6.07. The number of nitrogens with zero attached hydrogens (tertiary/aromatic N) is 1. The number of aryl methyl sites for hydroxylation is 1. The molecule has 3 aromatic carbocycles. The van der Waals surface area contributed by atoms with Crippen molar-refractivity contribution in [3.63, 3.8) is 0 Å². The van der Waals surface area contributed by atoms with Crippen LogP contribution in [0.4, 0.5) is 11.4 Å². The van der Waals surface area contributed by atoms with E-state index in [2.05, 4.69) is 15.6 Å². The zero-order valence-corrected chi connectivity index (χ0v) is 19.3. The normalized spacial score (nSPS) is 10.6. The zero-order chi connectivity index (χ0) is 24.7. The molecule has 3 aromatic rings. The molecule has 0 aliphatic carbocycles. The second-order valence-corrected chi connectivity index (χ2v) is 7.18. The smallest absolute Gasteiger partial charge is 0.258 e. The molecule has 0 spiro atoms. The largest absolute Gasteiger partial charge is 0.493 e. The van der Waals surface area contributed by atoms with Crippen LogP contribution < -0.4 is 30.6 Å². The Morgan fingerprint density at radius 3 is 2.03 bits per heavy atom. The summed E-state index contributed by atoms with van der Waals surface area (Å²) in [5, 5.41) is 5.40. The molecule has 0 saturated heterocycles. The lowest BCUT2D eigenvalue weighted by Gasteiger charge is -2.14. The maximum absolute atomic E-state index is 12.7. The van der Waals surface area contributed by atoms with Crippen LogP contribution in [0.25, 0.3) is 0 Å². The number of anilines is 1. The number of nitrogens with one attached hydrogen (secondary N) is 2. The third kappa shape index (κ3) is 6.50. The van der Waals surface area contributed by atoms with E-state index in [0.29, 0.717) is 34.2 Å². The average Bonchev–Trinajstić information content (AvgIpc) is 2.85. The van der Waals surface area contributed by atoms with Crippen molar-refractivity contribution < 1.29 is 23.8 Å². The van der Waals surface area contributed by atoms with Crippen LogP contribution in [0.2, 0.25) is 0 Å². The van der Waals surface area contributed by atoms with E-state index in [1.807, 2.05) is 13.0 Å². The molecule has 3 rings (SSSR count). The van der Waals surface area contributed by atoms with Gasteiger partial charge in [-0.1, -0.05) is 31.7 Å². The number of carbonyl (C=O) groups is 2. The second kappa shape index (κ2) is 12.1. The van der Waals surface area contributed by atoms with Crippen molar-refractivity contribution in [1.82, 2.24) is 5.32 Å². The van der Waals surface area contributed by atoms with Gasteiger partial charge >= 0.3 is 0 Å². The Bertz CT molecular complexity index is 1200. The van der Waals surface area contributed by atoms with E-state index in [-0.39, 0.29) is 24.9 Å². The van der Waals surface area contributed by atoms with Gasteiger partial charge in [0.1, 0.15) is 0 Å². The van der Waals surface area contributed by atoms with Gasteiger partial charge in [-0.15, -0.1) is 0 Å². The Morgan fingerprint density at radius 2 is 1.46 bits per heavy atom. The molecule has 0 atom stereocenters. The minimum absolute atomic E-state index is 0. The monoisotopic (exact) mass is 478 g/mol. The number of guanidine groups is 1. The SMILES string of the molecule is C.COc1cc(C(=O)NC(N)=Nc2ccc(C)c(NC(=O)c3ccccc3)c2)cc(OC)c1OC. The third-order valence-electron chi connectivity index (χ3n) is 4.92. The highest BCUT2D eigenvalue weighted by Gasteiger charge is 2.17. The third-order valence-corrected chi connectivity index (χ3v) is 4.92. The van der Waals surface area contributed by atoms with E-state index < -0.39 is 5.91 Å². The molecule has 0 aromatic heterocycles. The van der Waals surface area contributed by atoms with E-state index in [0.717, 1.165) is 5.56 Å². The summed E-state index contributed by atoms with van der Waals surface area (Å²) in [6.07, 6.45) is 0. The van der Waals surface area contributed by atoms with Crippen LogP contribution in [-0.2, 0) is 0 Å². The summed E-state index contributed by atoms with van der Waals surface area (Å²) in [5.74, 6) is 0.161. The first-order valence-electron chi connectivity index (χ1n) is 10.3. The minimum Gasteiger partial charge on any atom is -0.493 e. The van der Waals surface area contributed by atoms with Gasteiger partial charge in [0.05, 0.1) is 27.0 Å². The molecule has 0 saturated carbocycles. The van der Waals surface area contributed by atoms with Crippen molar-refractivity contribution in [2.45, 2.75) is 14.4 Å². The Kier molecular flexibility index (Phi) is 9.22. The van der Waals surface area contributed by atoms with E-state index >= 15 is 0 Å². The highest BCUT2D eigenvalue weighted by atomic mass is 16.5. The number of hydrogen-bond donors (Lipinski definition) is 3.